The molecule has 6 heteroatoms. The number of halogens is 2. The Morgan fingerprint density at radius 1 is 1.16 bits per heavy atom. The number of carbonyl (C=O) groups excluding carboxylic acids is 2. The molecule has 0 unspecified atom stereocenters. The molecular weight excluding hydrogens is 404 g/mol. The van der Waals surface area contributed by atoms with E-state index in [0.717, 1.165) is 27.0 Å². The van der Waals surface area contributed by atoms with Crippen LogP contribution in [0.2, 0.25) is 5.02 Å². The Kier molecular flexibility index (Phi) is 5.16. The number of rotatable bonds is 3. The van der Waals surface area contributed by atoms with Gasteiger partial charge in [0.2, 0.25) is 11.8 Å². The van der Waals surface area contributed by atoms with Gasteiger partial charge in [0.25, 0.3) is 0 Å². The molecule has 0 radical (unpaired) electrons. The van der Waals surface area contributed by atoms with Gasteiger partial charge in [-0.25, -0.2) is 0 Å². The molecule has 0 spiro atoms. The molecule has 1 saturated heterocycles. The fourth-order valence-corrected chi connectivity index (χ4v) is 3.47. The third kappa shape index (κ3) is 3.72. The first-order valence-electron chi connectivity index (χ1n) is 7.99. The van der Waals surface area contributed by atoms with E-state index in [9.17, 15) is 9.59 Å². The highest BCUT2D eigenvalue weighted by molar-refractivity contribution is 9.10. The number of hydrogen-bond donors (Lipinski definition) is 1. The summed E-state index contributed by atoms with van der Waals surface area (Å²) in [7, 11) is 0. The summed E-state index contributed by atoms with van der Waals surface area (Å²) >= 11 is 9.38. The minimum absolute atomic E-state index is 0.0498. The maximum atomic E-state index is 12.6. The number of hydrogen-bond acceptors (Lipinski definition) is 2. The van der Waals surface area contributed by atoms with Crippen molar-refractivity contribution in [3.8, 4) is 0 Å². The van der Waals surface area contributed by atoms with Crippen LogP contribution in [0.5, 0.6) is 0 Å². The Hall–Kier alpha value is -1.85. The number of amides is 2. The predicted molar refractivity (Wildman–Crippen MR) is 104 cm³/mol. The summed E-state index contributed by atoms with van der Waals surface area (Å²) in [5.74, 6) is -0.549. The zero-order chi connectivity index (χ0) is 18.1. The van der Waals surface area contributed by atoms with Gasteiger partial charge < -0.3 is 10.2 Å². The van der Waals surface area contributed by atoms with Gasteiger partial charge in [-0.2, -0.15) is 0 Å². The van der Waals surface area contributed by atoms with E-state index in [1.165, 1.54) is 0 Å². The molecule has 1 N–H and O–H groups in total. The summed E-state index contributed by atoms with van der Waals surface area (Å²) in [6, 6.07) is 10.9. The molecule has 2 aromatic rings. The van der Waals surface area contributed by atoms with E-state index >= 15 is 0 Å². The molecule has 0 aromatic heterocycles. The number of nitrogens with one attached hydrogen (secondary N) is 1. The van der Waals surface area contributed by atoms with E-state index in [4.69, 9.17) is 11.6 Å². The van der Waals surface area contributed by atoms with Crippen LogP contribution in [-0.4, -0.2) is 18.4 Å². The SMILES string of the molecule is Cc1c(Br)ccc(NC(=O)[C@@H]2CC(=O)N(c3ccc(Cl)cc3)C2)c1C. The third-order valence-corrected chi connectivity index (χ3v) is 5.72. The van der Waals surface area contributed by atoms with Gasteiger partial charge in [-0.05, 0) is 61.4 Å². The monoisotopic (exact) mass is 420 g/mol. The van der Waals surface area contributed by atoms with Crippen LogP contribution < -0.4 is 10.2 Å². The second kappa shape index (κ2) is 7.18. The van der Waals surface area contributed by atoms with Gasteiger partial charge >= 0.3 is 0 Å². The van der Waals surface area contributed by atoms with Gasteiger partial charge in [0.05, 0.1) is 5.92 Å². The molecule has 1 heterocycles. The highest BCUT2D eigenvalue weighted by Gasteiger charge is 2.35. The summed E-state index contributed by atoms with van der Waals surface area (Å²) < 4.78 is 1.01. The summed E-state index contributed by atoms with van der Waals surface area (Å²) in [4.78, 5) is 26.6. The van der Waals surface area contributed by atoms with E-state index < -0.39 is 0 Å². The highest BCUT2D eigenvalue weighted by Crippen LogP contribution is 2.29. The van der Waals surface area contributed by atoms with Gasteiger partial charge in [0.1, 0.15) is 0 Å². The summed E-state index contributed by atoms with van der Waals surface area (Å²) in [6.07, 6.45) is 0.211. The second-order valence-electron chi connectivity index (χ2n) is 6.22. The van der Waals surface area contributed by atoms with E-state index in [1.807, 2.05) is 26.0 Å². The Labute approximate surface area is 160 Å². The van der Waals surface area contributed by atoms with Crippen molar-refractivity contribution in [1.29, 1.82) is 0 Å². The lowest BCUT2D eigenvalue weighted by Crippen LogP contribution is -2.28. The minimum atomic E-state index is -0.369. The topological polar surface area (TPSA) is 49.4 Å². The lowest BCUT2D eigenvalue weighted by atomic mass is 10.1. The molecule has 1 aliphatic heterocycles. The minimum Gasteiger partial charge on any atom is -0.326 e. The quantitative estimate of drug-likeness (QED) is 0.780. The first kappa shape index (κ1) is 18.0. The van der Waals surface area contributed by atoms with Crippen molar-refractivity contribution in [3.05, 3.63) is 57.0 Å². The van der Waals surface area contributed by atoms with Crippen LogP contribution in [0.15, 0.2) is 40.9 Å². The molecular formula is C19H18BrClN2O2. The molecule has 2 amide bonds. The van der Waals surface area contributed by atoms with Crippen LogP contribution in [0.3, 0.4) is 0 Å². The number of carbonyl (C=O) groups is 2. The normalized spacial score (nSPS) is 17.0. The van der Waals surface area contributed by atoms with Crippen LogP contribution in [0, 0.1) is 19.8 Å². The fourth-order valence-electron chi connectivity index (χ4n) is 2.91. The predicted octanol–water partition coefficient (Wildman–Crippen LogP) is 4.71. The molecule has 1 fully saturated rings. The van der Waals surface area contributed by atoms with Crippen molar-refractivity contribution in [1.82, 2.24) is 0 Å². The molecule has 1 aliphatic rings. The van der Waals surface area contributed by atoms with Crippen LogP contribution in [0.25, 0.3) is 0 Å². The largest absolute Gasteiger partial charge is 0.326 e. The summed E-state index contributed by atoms with van der Waals surface area (Å²) in [5, 5.41) is 3.58. The van der Waals surface area contributed by atoms with Crippen molar-refractivity contribution in [2.75, 3.05) is 16.8 Å². The zero-order valence-electron chi connectivity index (χ0n) is 14.0. The lowest BCUT2D eigenvalue weighted by molar-refractivity contribution is -0.122. The molecule has 0 bridgehead atoms. The smallest absolute Gasteiger partial charge is 0.229 e. The third-order valence-electron chi connectivity index (χ3n) is 4.61. The lowest BCUT2D eigenvalue weighted by Gasteiger charge is -2.17. The van der Waals surface area contributed by atoms with Gasteiger partial charge in [-0.3, -0.25) is 9.59 Å². The Morgan fingerprint density at radius 2 is 1.84 bits per heavy atom. The fraction of sp³-hybridized carbons (Fsp3) is 0.263. The van der Waals surface area contributed by atoms with Crippen molar-refractivity contribution in [3.63, 3.8) is 0 Å². The van der Waals surface area contributed by atoms with E-state index in [0.29, 0.717) is 11.6 Å². The highest BCUT2D eigenvalue weighted by atomic mass is 79.9. The maximum absolute atomic E-state index is 12.6. The molecule has 25 heavy (non-hydrogen) atoms. The van der Waals surface area contributed by atoms with E-state index in [-0.39, 0.29) is 24.2 Å². The maximum Gasteiger partial charge on any atom is 0.229 e. The molecule has 0 saturated carbocycles. The zero-order valence-corrected chi connectivity index (χ0v) is 16.3. The van der Waals surface area contributed by atoms with E-state index in [1.54, 1.807) is 29.2 Å². The van der Waals surface area contributed by atoms with Crippen LogP contribution in [0.4, 0.5) is 11.4 Å². The average molecular weight is 422 g/mol. The summed E-state index contributed by atoms with van der Waals surface area (Å²) in [6.45, 7) is 4.34. The first-order valence-corrected chi connectivity index (χ1v) is 9.16. The Balaban J connectivity index is 1.73. The van der Waals surface area contributed by atoms with Crippen molar-refractivity contribution >= 4 is 50.7 Å². The van der Waals surface area contributed by atoms with Gasteiger partial charge in [0, 0.05) is 33.8 Å². The van der Waals surface area contributed by atoms with Gasteiger partial charge in [-0.15, -0.1) is 0 Å². The molecule has 1 atom stereocenters. The van der Waals surface area contributed by atoms with Crippen LogP contribution in [0.1, 0.15) is 17.5 Å². The number of anilines is 2. The standard InChI is InChI=1S/C19H18BrClN2O2/c1-11-12(2)17(8-7-16(11)20)22-19(25)13-9-18(24)23(10-13)15-5-3-14(21)4-6-15/h3-8,13H,9-10H2,1-2H3,(H,22,25)/t13-/m1/s1. The molecule has 3 rings (SSSR count). The Bertz CT molecular complexity index is 836. The Morgan fingerprint density at radius 3 is 2.52 bits per heavy atom. The van der Waals surface area contributed by atoms with Gasteiger partial charge in [-0.1, -0.05) is 27.5 Å². The second-order valence-corrected chi connectivity index (χ2v) is 7.51. The average Bonchev–Trinajstić information content (AvgIpc) is 2.98. The van der Waals surface area contributed by atoms with E-state index in [2.05, 4.69) is 21.2 Å². The van der Waals surface area contributed by atoms with Crippen LogP contribution in [-0.2, 0) is 9.59 Å². The van der Waals surface area contributed by atoms with Crippen molar-refractivity contribution < 1.29 is 9.59 Å². The van der Waals surface area contributed by atoms with Gasteiger partial charge in [0.15, 0.2) is 0 Å². The number of benzene rings is 2. The molecule has 2 aromatic carbocycles. The van der Waals surface area contributed by atoms with Crippen molar-refractivity contribution in [2.45, 2.75) is 20.3 Å². The molecule has 4 nitrogen and oxygen atoms in total. The summed E-state index contributed by atoms with van der Waals surface area (Å²) in [5.41, 5.74) is 3.65. The number of nitrogens with zero attached hydrogens (tertiary/aromatic N) is 1. The van der Waals surface area contributed by atoms with Crippen LogP contribution >= 0.6 is 27.5 Å². The molecule has 130 valence electrons. The first-order chi connectivity index (χ1) is 11.9. The van der Waals surface area contributed by atoms with Crippen molar-refractivity contribution in [2.24, 2.45) is 5.92 Å². The molecule has 0 aliphatic carbocycles.